The molecule has 1 saturated heterocycles. The van der Waals surface area contributed by atoms with Gasteiger partial charge in [-0.2, -0.15) is 4.98 Å². The molecule has 9 nitrogen and oxygen atoms in total. The summed E-state index contributed by atoms with van der Waals surface area (Å²) in [5.41, 5.74) is -1.04. The van der Waals surface area contributed by atoms with Crippen LogP contribution < -0.4 is 4.74 Å². The Bertz CT molecular complexity index is 705. The second-order valence-electron chi connectivity index (χ2n) is 4.95. The smallest absolute Gasteiger partial charge is 0.245 e. The van der Waals surface area contributed by atoms with Gasteiger partial charge in [-0.15, -0.1) is 0 Å². The molecule has 1 aliphatic rings. The van der Waals surface area contributed by atoms with E-state index in [1.54, 1.807) is 0 Å². The van der Waals surface area contributed by atoms with Crippen LogP contribution in [-0.4, -0.2) is 66.4 Å². The molecule has 1 fully saturated rings. The highest BCUT2D eigenvalue weighted by molar-refractivity contribution is 5.76. The third-order valence-corrected chi connectivity index (χ3v) is 3.80. The van der Waals surface area contributed by atoms with E-state index < -0.39 is 30.6 Å². The third kappa shape index (κ3) is 1.91. The maximum absolute atomic E-state index is 10.7. The van der Waals surface area contributed by atoms with Crippen LogP contribution in [0.25, 0.3) is 11.2 Å². The van der Waals surface area contributed by atoms with E-state index in [0.717, 1.165) is 0 Å². The minimum atomic E-state index is -1.79. The van der Waals surface area contributed by atoms with Gasteiger partial charge in [-0.3, -0.25) is 4.57 Å². The summed E-state index contributed by atoms with van der Waals surface area (Å²) in [6, 6.07) is 0. The van der Waals surface area contributed by atoms with E-state index in [-0.39, 0.29) is 5.88 Å². The molecule has 1 aliphatic heterocycles. The lowest BCUT2D eigenvalue weighted by Crippen LogP contribution is -2.45. The number of aliphatic hydroxyl groups is 3. The summed E-state index contributed by atoms with van der Waals surface area (Å²) in [5.74, 6) is 0.281. The van der Waals surface area contributed by atoms with Gasteiger partial charge in [0.15, 0.2) is 23.0 Å². The van der Waals surface area contributed by atoms with Crippen LogP contribution in [0.4, 0.5) is 0 Å². The van der Waals surface area contributed by atoms with Gasteiger partial charge in [0.2, 0.25) is 5.88 Å². The van der Waals surface area contributed by atoms with Crippen LogP contribution >= 0.6 is 0 Å². The van der Waals surface area contributed by atoms with Gasteiger partial charge in [0.25, 0.3) is 0 Å². The molecule has 22 heavy (non-hydrogen) atoms. The normalized spacial score (nSPS) is 31.5. The maximum Gasteiger partial charge on any atom is 0.245 e. The molecule has 3 heterocycles. The Labute approximate surface area is 125 Å². The summed E-state index contributed by atoms with van der Waals surface area (Å²) in [4.78, 5) is 12.2. The number of rotatable bonds is 4. The van der Waals surface area contributed by atoms with E-state index in [1.807, 2.05) is 0 Å². The fourth-order valence-electron chi connectivity index (χ4n) is 2.60. The first kappa shape index (κ1) is 14.9. The molecular formula is C13H16N4O5. The highest BCUT2D eigenvalue weighted by atomic mass is 16.6. The SMILES string of the molecule is C=C[C@@]1(O)[C@H](O)[C@@H](CO)O[C@H]1n1cnc2c(OC)ncnc21. The number of aromatic nitrogens is 4. The Hall–Kier alpha value is -2.07. The lowest BCUT2D eigenvalue weighted by molar-refractivity contribution is -0.0771. The first-order valence-corrected chi connectivity index (χ1v) is 6.58. The van der Waals surface area contributed by atoms with Crippen LogP contribution in [0.15, 0.2) is 25.3 Å². The van der Waals surface area contributed by atoms with Crippen LogP contribution in [0, 0.1) is 0 Å². The molecule has 2 aromatic rings. The Morgan fingerprint density at radius 1 is 1.50 bits per heavy atom. The van der Waals surface area contributed by atoms with Crippen molar-refractivity contribution in [3.63, 3.8) is 0 Å². The van der Waals surface area contributed by atoms with Gasteiger partial charge >= 0.3 is 0 Å². The molecule has 0 aromatic carbocycles. The van der Waals surface area contributed by atoms with Crippen molar-refractivity contribution in [1.82, 2.24) is 19.5 Å². The Balaban J connectivity index is 2.12. The predicted octanol–water partition coefficient (Wildman–Crippen LogP) is -0.997. The monoisotopic (exact) mass is 308 g/mol. The summed E-state index contributed by atoms with van der Waals surface area (Å²) >= 11 is 0. The zero-order valence-corrected chi connectivity index (χ0v) is 11.8. The summed E-state index contributed by atoms with van der Waals surface area (Å²) in [6.45, 7) is 3.10. The van der Waals surface area contributed by atoms with E-state index in [4.69, 9.17) is 9.47 Å². The van der Waals surface area contributed by atoms with Gasteiger partial charge < -0.3 is 24.8 Å². The number of imidazole rings is 1. The van der Waals surface area contributed by atoms with Crippen molar-refractivity contribution in [2.45, 2.75) is 24.0 Å². The van der Waals surface area contributed by atoms with Crippen LogP contribution in [-0.2, 0) is 4.74 Å². The molecule has 0 spiro atoms. The number of aliphatic hydroxyl groups excluding tert-OH is 2. The maximum atomic E-state index is 10.7. The Kier molecular flexibility index (Phi) is 3.57. The molecule has 3 N–H and O–H groups in total. The quantitative estimate of drug-likeness (QED) is 0.615. The van der Waals surface area contributed by atoms with E-state index in [9.17, 15) is 15.3 Å². The minimum Gasteiger partial charge on any atom is -0.479 e. The fraction of sp³-hybridized carbons (Fsp3) is 0.462. The van der Waals surface area contributed by atoms with Crippen molar-refractivity contribution < 1.29 is 24.8 Å². The molecule has 0 bridgehead atoms. The topological polar surface area (TPSA) is 123 Å². The van der Waals surface area contributed by atoms with E-state index in [1.165, 1.54) is 30.4 Å². The molecule has 0 unspecified atom stereocenters. The average Bonchev–Trinajstić information content (AvgIpc) is 3.08. The van der Waals surface area contributed by atoms with Crippen molar-refractivity contribution in [2.75, 3.05) is 13.7 Å². The van der Waals surface area contributed by atoms with Crippen molar-refractivity contribution in [3.05, 3.63) is 25.3 Å². The van der Waals surface area contributed by atoms with E-state index in [2.05, 4.69) is 21.5 Å². The summed E-state index contributed by atoms with van der Waals surface area (Å²) in [6.07, 6.45) is 0.550. The van der Waals surface area contributed by atoms with Gasteiger partial charge in [0, 0.05) is 0 Å². The van der Waals surface area contributed by atoms with Gasteiger partial charge in [0.1, 0.15) is 18.5 Å². The Morgan fingerprint density at radius 2 is 2.27 bits per heavy atom. The average molecular weight is 308 g/mol. The van der Waals surface area contributed by atoms with Crippen LogP contribution in [0.3, 0.4) is 0 Å². The molecule has 118 valence electrons. The summed E-state index contributed by atoms with van der Waals surface area (Å²) in [7, 11) is 1.46. The molecule has 0 amide bonds. The van der Waals surface area contributed by atoms with E-state index in [0.29, 0.717) is 11.2 Å². The highest BCUT2D eigenvalue weighted by Crippen LogP contribution is 2.40. The van der Waals surface area contributed by atoms with Crippen LogP contribution in [0.2, 0.25) is 0 Å². The number of methoxy groups -OCH3 is 1. The highest BCUT2D eigenvalue weighted by Gasteiger charge is 2.54. The zero-order valence-electron chi connectivity index (χ0n) is 11.8. The van der Waals surface area contributed by atoms with Crippen molar-refractivity contribution >= 4 is 11.2 Å². The molecule has 0 saturated carbocycles. The number of hydrogen-bond acceptors (Lipinski definition) is 8. The summed E-state index contributed by atoms with van der Waals surface area (Å²) in [5, 5.41) is 30.1. The molecule has 9 heteroatoms. The summed E-state index contributed by atoms with van der Waals surface area (Å²) < 4.78 is 12.1. The van der Waals surface area contributed by atoms with Gasteiger partial charge in [0.05, 0.1) is 20.0 Å². The molecule has 3 rings (SSSR count). The van der Waals surface area contributed by atoms with Gasteiger partial charge in [-0.1, -0.05) is 12.7 Å². The van der Waals surface area contributed by atoms with Crippen molar-refractivity contribution in [3.8, 4) is 5.88 Å². The molecule has 2 aromatic heterocycles. The standard InChI is InChI=1S/C13H16N4O5/c1-3-13(20)9(19)7(4-18)22-12(13)17-6-16-8-10(17)14-5-15-11(8)21-2/h3,5-7,9,12,18-20H,1,4H2,2H3/t7-,9-,12-,13-/m1/s1. The van der Waals surface area contributed by atoms with Crippen molar-refractivity contribution in [1.29, 1.82) is 0 Å². The zero-order chi connectivity index (χ0) is 15.9. The number of hydrogen-bond donors (Lipinski definition) is 3. The fourth-order valence-corrected chi connectivity index (χ4v) is 2.60. The van der Waals surface area contributed by atoms with Crippen molar-refractivity contribution in [2.24, 2.45) is 0 Å². The molecule has 4 atom stereocenters. The first-order valence-electron chi connectivity index (χ1n) is 6.58. The molecule has 0 radical (unpaired) electrons. The van der Waals surface area contributed by atoms with Gasteiger partial charge in [-0.25, -0.2) is 9.97 Å². The Morgan fingerprint density at radius 3 is 2.91 bits per heavy atom. The minimum absolute atomic E-state index is 0.281. The number of ether oxygens (including phenoxy) is 2. The lowest BCUT2D eigenvalue weighted by atomic mass is 9.94. The second-order valence-corrected chi connectivity index (χ2v) is 4.95. The lowest BCUT2D eigenvalue weighted by Gasteiger charge is -2.28. The van der Waals surface area contributed by atoms with Crippen LogP contribution in [0.1, 0.15) is 6.23 Å². The largest absolute Gasteiger partial charge is 0.479 e. The predicted molar refractivity (Wildman–Crippen MR) is 74.0 cm³/mol. The van der Waals surface area contributed by atoms with Crippen LogP contribution in [0.5, 0.6) is 5.88 Å². The number of nitrogens with zero attached hydrogens (tertiary/aromatic N) is 4. The second kappa shape index (κ2) is 5.29. The first-order chi connectivity index (χ1) is 10.6. The third-order valence-electron chi connectivity index (χ3n) is 3.80. The van der Waals surface area contributed by atoms with Gasteiger partial charge in [-0.05, 0) is 0 Å². The molecule has 0 aliphatic carbocycles. The molecular weight excluding hydrogens is 292 g/mol. The number of fused-ring (bicyclic) bond motifs is 1. The van der Waals surface area contributed by atoms with E-state index >= 15 is 0 Å².